The molecule has 3 aromatic rings. The first-order chi connectivity index (χ1) is 13.9. The average Bonchev–Trinajstić information content (AvgIpc) is 3.32. The zero-order valence-corrected chi connectivity index (χ0v) is 16.2. The van der Waals surface area contributed by atoms with Gasteiger partial charge in [0, 0.05) is 5.56 Å². The summed E-state index contributed by atoms with van der Waals surface area (Å²) in [4.78, 5) is 26.8. The molecule has 0 radical (unpaired) electrons. The molecule has 146 valence electrons. The summed E-state index contributed by atoms with van der Waals surface area (Å²) in [6, 6.07) is 12.5. The van der Waals surface area contributed by atoms with Gasteiger partial charge in [-0.1, -0.05) is 35.3 Å². The molecule has 2 N–H and O–H groups in total. The highest BCUT2D eigenvalue weighted by Gasteiger charge is 2.49. The number of carbonyl (C=O) groups is 2. The monoisotopic (exact) mass is 429 g/mol. The number of aliphatic hydroxyl groups excluding tert-OH is 1. The Kier molecular flexibility index (Phi) is 4.82. The van der Waals surface area contributed by atoms with Gasteiger partial charge in [-0.15, -0.1) is 0 Å². The Morgan fingerprint density at radius 3 is 2.41 bits per heavy atom. The van der Waals surface area contributed by atoms with Crippen LogP contribution in [0.2, 0.25) is 10.0 Å². The maximum absolute atomic E-state index is 12.9. The molecule has 1 atom stereocenters. The molecule has 29 heavy (non-hydrogen) atoms. The number of hydrogen-bond donors (Lipinski definition) is 2. The summed E-state index contributed by atoms with van der Waals surface area (Å²) in [5, 5.41) is 21.6. The van der Waals surface area contributed by atoms with Crippen LogP contribution in [0.3, 0.4) is 0 Å². The second kappa shape index (κ2) is 7.31. The number of rotatable bonds is 3. The lowest BCUT2D eigenvalue weighted by molar-refractivity contribution is -0.132. The van der Waals surface area contributed by atoms with E-state index in [1.165, 1.54) is 36.6 Å². The molecule has 1 fully saturated rings. The third kappa shape index (κ3) is 3.16. The second-order valence-electron chi connectivity index (χ2n) is 6.30. The van der Waals surface area contributed by atoms with Gasteiger partial charge in [0.1, 0.15) is 23.3 Å². The van der Waals surface area contributed by atoms with Crippen molar-refractivity contribution in [3.63, 3.8) is 0 Å². The maximum Gasteiger partial charge on any atom is 0.300 e. The topological polar surface area (TPSA) is 91.0 Å². The lowest BCUT2D eigenvalue weighted by Crippen LogP contribution is -2.29. The van der Waals surface area contributed by atoms with Gasteiger partial charge in [-0.3, -0.25) is 14.5 Å². The van der Waals surface area contributed by atoms with Gasteiger partial charge in [-0.25, -0.2) is 0 Å². The van der Waals surface area contributed by atoms with Crippen molar-refractivity contribution in [2.75, 3.05) is 4.90 Å². The van der Waals surface area contributed by atoms with Crippen LogP contribution in [0.1, 0.15) is 17.4 Å². The predicted octanol–water partition coefficient (Wildman–Crippen LogP) is 4.92. The van der Waals surface area contributed by atoms with Crippen LogP contribution in [-0.4, -0.2) is 21.9 Å². The fraction of sp³-hybridized carbons (Fsp3) is 0.0476. The number of phenols is 1. The van der Waals surface area contributed by atoms with Crippen LogP contribution in [-0.2, 0) is 9.59 Å². The number of furan rings is 1. The summed E-state index contributed by atoms with van der Waals surface area (Å²) < 4.78 is 5.44. The van der Waals surface area contributed by atoms with E-state index in [1.807, 2.05) is 0 Å². The van der Waals surface area contributed by atoms with Crippen molar-refractivity contribution in [3.05, 3.63) is 87.8 Å². The van der Waals surface area contributed by atoms with Gasteiger partial charge >= 0.3 is 0 Å². The minimum atomic E-state index is -1.08. The normalized spacial score (nSPS) is 18.4. The molecule has 1 aliphatic heterocycles. The summed E-state index contributed by atoms with van der Waals surface area (Å²) in [6.45, 7) is 0. The number of benzene rings is 2. The molecule has 2 aromatic carbocycles. The zero-order valence-electron chi connectivity index (χ0n) is 14.7. The van der Waals surface area contributed by atoms with Gasteiger partial charge in [-0.05, 0) is 42.5 Å². The van der Waals surface area contributed by atoms with Crippen molar-refractivity contribution in [1.29, 1.82) is 0 Å². The van der Waals surface area contributed by atoms with Crippen LogP contribution in [0, 0.1) is 0 Å². The highest BCUT2D eigenvalue weighted by Crippen LogP contribution is 2.44. The van der Waals surface area contributed by atoms with E-state index in [4.69, 9.17) is 27.6 Å². The summed E-state index contributed by atoms with van der Waals surface area (Å²) in [5.41, 5.74) is 0.141. The second-order valence-corrected chi connectivity index (χ2v) is 7.12. The molecule has 4 rings (SSSR count). The summed E-state index contributed by atoms with van der Waals surface area (Å²) >= 11 is 12.0. The Bertz CT molecular complexity index is 1150. The Balaban J connectivity index is 1.95. The number of Topliss-reactive ketones (excluding diaryl/α,β-unsaturated/α-hetero) is 1. The third-order valence-corrected chi connectivity index (χ3v) is 5.33. The minimum absolute atomic E-state index is 0.115. The largest absolute Gasteiger partial charge is 0.507 e. The standard InChI is InChI=1S/C21H13Cl2NO5/c22-12-8-7-11(10-13(12)23)19(26)17-18(16-6-3-9-29-16)24(21(28)20(17)27)14-4-1-2-5-15(14)25/h1-10,18,25-26H/b19-17-. The first-order valence-electron chi connectivity index (χ1n) is 8.48. The number of anilines is 1. The number of para-hydroxylation sites is 2. The number of phenolic OH excluding ortho intramolecular Hbond substituents is 1. The van der Waals surface area contributed by atoms with E-state index >= 15 is 0 Å². The van der Waals surface area contributed by atoms with Gasteiger partial charge in [0.05, 0.1) is 27.6 Å². The smallest absolute Gasteiger partial charge is 0.300 e. The molecule has 1 aliphatic rings. The number of carbonyl (C=O) groups excluding carboxylic acids is 2. The Morgan fingerprint density at radius 2 is 1.76 bits per heavy atom. The number of halogens is 2. The molecule has 1 saturated heterocycles. The minimum Gasteiger partial charge on any atom is -0.507 e. The number of amides is 1. The highest BCUT2D eigenvalue weighted by molar-refractivity contribution is 6.52. The lowest BCUT2D eigenvalue weighted by atomic mass is 9.99. The van der Waals surface area contributed by atoms with Crippen LogP contribution in [0.25, 0.3) is 5.76 Å². The van der Waals surface area contributed by atoms with E-state index in [9.17, 15) is 19.8 Å². The molecule has 1 amide bonds. The average molecular weight is 430 g/mol. The van der Waals surface area contributed by atoms with Crippen LogP contribution in [0.4, 0.5) is 5.69 Å². The van der Waals surface area contributed by atoms with Gasteiger partial charge in [0.2, 0.25) is 0 Å². The van der Waals surface area contributed by atoms with Crippen LogP contribution in [0.5, 0.6) is 5.75 Å². The first kappa shape index (κ1) is 19.1. The quantitative estimate of drug-likeness (QED) is 0.350. The van der Waals surface area contributed by atoms with Gasteiger partial charge in [0.25, 0.3) is 11.7 Å². The molecule has 1 aromatic heterocycles. The van der Waals surface area contributed by atoms with Crippen molar-refractivity contribution in [3.8, 4) is 5.75 Å². The van der Waals surface area contributed by atoms with Crippen LogP contribution < -0.4 is 4.90 Å². The van der Waals surface area contributed by atoms with Crippen molar-refractivity contribution in [2.45, 2.75) is 6.04 Å². The molecular weight excluding hydrogens is 417 g/mol. The van der Waals surface area contributed by atoms with Gasteiger partial charge in [-0.2, -0.15) is 0 Å². The SMILES string of the molecule is O=C1C(=O)N(c2ccccc2O)C(c2ccco2)/C1=C(/O)c1ccc(Cl)c(Cl)c1. The molecule has 0 spiro atoms. The van der Waals surface area contributed by atoms with Crippen LogP contribution >= 0.6 is 23.2 Å². The van der Waals surface area contributed by atoms with E-state index in [1.54, 1.807) is 24.3 Å². The molecule has 6 nitrogen and oxygen atoms in total. The summed E-state index contributed by atoms with van der Waals surface area (Å²) in [6.07, 6.45) is 1.39. The molecule has 0 aliphatic carbocycles. The van der Waals surface area contributed by atoms with E-state index in [-0.39, 0.29) is 38.4 Å². The molecule has 1 unspecified atom stereocenters. The highest BCUT2D eigenvalue weighted by atomic mass is 35.5. The fourth-order valence-electron chi connectivity index (χ4n) is 3.26. The van der Waals surface area contributed by atoms with Gasteiger partial charge in [0.15, 0.2) is 0 Å². The number of nitrogens with zero attached hydrogens (tertiary/aromatic N) is 1. The summed E-state index contributed by atoms with van der Waals surface area (Å²) in [7, 11) is 0. The van der Waals surface area contributed by atoms with E-state index in [2.05, 4.69) is 0 Å². The molecule has 0 saturated carbocycles. The van der Waals surface area contributed by atoms with Gasteiger partial charge < -0.3 is 14.6 Å². The first-order valence-corrected chi connectivity index (χ1v) is 9.23. The Morgan fingerprint density at radius 1 is 1.00 bits per heavy atom. The molecule has 2 heterocycles. The van der Waals surface area contributed by atoms with E-state index < -0.39 is 23.5 Å². The maximum atomic E-state index is 12.9. The lowest BCUT2D eigenvalue weighted by Gasteiger charge is -2.24. The molecular formula is C21H13Cl2NO5. The molecule has 8 heteroatoms. The number of ketones is 1. The van der Waals surface area contributed by atoms with Crippen molar-refractivity contribution >= 4 is 46.3 Å². The number of aliphatic hydroxyl groups is 1. The predicted molar refractivity (Wildman–Crippen MR) is 108 cm³/mol. The van der Waals surface area contributed by atoms with Crippen molar-refractivity contribution < 1.29 is 24.2 Å². The third-order valence-electron chi connectivity index (χ3n) is 4.59. The van der Waals surface area contributed by atoms with Crippen molar-refractivity contribution in [1.82, 2.24) is 0 Å². The van der Waals surface area contributed by atoms with E-state index in [0.29, 0.717) is 0 Å². The fourth-order valence-corrected chi connectivity index (χ4v) is 3.56. The number of hydrogen-bond acceptors (Lipinski definition) is 5. The van der Waals surface area contributed by atoms with Crippen LogP contribution in [0.15, 0.2) is 70.9 Å². The van der Waals surface area contributed by atoms with Crippen molar-refractivity contribution in [2.24, 2.45) is 0 Å². The Labute approximate surface area is 175 Å². The molecule has 0 bridgehead atoms. The number of aromatic hydroxyl groups is 1. The van der Waals surface area contributed by atoms with E-state index in [0.717, 1.165) is 4.90 Å². The zero-order chi connectivity index (χ0) is 20.7. The summed E-state index contributed by atoms with van der Waals surface area (Å²) in [5.74, 6) is -2.21. The Hall–Kier alpha value is -3.22.